The molecule has 0 spiro atoms. The number of carbonyl (C=O) groups is 1. The van der Waals surface area contributed by atoms with Crippen molar-refractivity contribution < 1.29 is 27.6 Å². The fourth-order valence-corrected chi connectivity index (χ4v) is 1.67. The molecule has 8 heteroatoms. The number of halogens is 3. The lowest BCUT2D eigenvalue weighted by Crippen LogP contribution is -2.05. The number of carbonyl (C=O) groups excluding carboxylic acids is 1. The first-order valence-corrected chi connectivity index (χ1v) is 6.03. The van der Waals surface area contributed by atoms with E-state index in [2.05, 4.69) is 14.7 Å². The molecule has 0 saturated carbocycles. The molecule has 0 aliphatic rings. The Labute approximate surface area is 117 Å². The van der Waals surface area contributed by atoms with Gasteiger partial charge in [-0.05, 0) is 5.56 Å². The Balaban J connectivity index is 2.12. The Bertz CT molecular complexity index is 620. The van der Waals surface area contributed by atoms with Gasteiger partial charge in [0.25, 0.3) is 0 Å². The Hall–Kier alpha value is -2.22. The minimum atomic E-state index is -4.68. The van der Waals surface area contributed by atoms with Crippen molar-refractivity contribution in [2.75, 3.05) is 6.61 Å². The van der Waals surface area contributed by atoms with E-state index in [1.807, 2.05) is 0 Å². The third-order valence-electron chi connectivity index (χ3n) is 2.67. The highest BCUT2D eigenvalue weighted by Gasteiger charge is 2.38. The van der Waals surface area contributed by atoms with Crippen molar-refractivity contribution in [2.24, 2.45) is 0 Å². The smallest absolute Gasteiger partial charge is 0.396 e. The number of hydrogen-bond acceptors (Lipinski definition) is 5. The van der Waals surface area contributed by atoms with Crippen molar-refractivity contribution in [2.45, 2.75) is 19.0 Å². The molecule has 21 heavy (non-hydrogen) atoms. The maximum absolute atomic E-state index is 12.3. The lowest BCUT2D eigenvalue weighted by atomic mass is 10.1. The summed E-state index contributed by atoms with van der Waals surface area (Å²) in [5.41, 5.74) is 1.05. The second-order valence-electron chi connectivity index (χ2n) is 4.31. The SMILES string of the molecule is O=C(CCO)Cc1ccc(-c2noc(C(F)(F)F)n2)cc1. The third-order valence-corrected chi connectivity index (χ3v) is 2.67. The Morgan fingerprint density at radius 3 is 2.43 bits per heavy atom. The first-order chi connectivity index (χ1) is 9.90. The molecule has 2 aromatic rings. The summed E-state index contributed by atoms with van der Waals surface area (Å²) in [6.07, 6.45) is -4.45. The van der Waals surface area contributed by atoms with Gasteiger partial charge in [-0.15, -0.1) is 0 Å². The van der Waals surface area contributed by atoms with E-state index in [4.69, 9.17) is 5.11 Å². The van der Waals surface area contributed by atoms with Gasteiger partial charge in [0.05, 0.1) is 0 Å². The maximum Gasteiger partial charge on any atom is 0.471 e. The summed E-state index contributed by atoms with van der Waals surface area (Å²) in [5, 5.41) is 11.9. The van der Waals surface area contributed by atoms with Crippen LogP contribution in [0.4, 0.5) is 13.2 Å². The average Bonchev–Trinajstić information content (AvgIpc) is 2.89. The molecule has 0 fully saturated rings. The van der Waals surface area contributed by atoms with Crippen molar-refractivity contribution in [3.8, 4) is 11.4 Å². The molecule has 1 heterocycles. The summed E-state index contributed by atoms with van der Waals surface area (Å²) in [6, 6.07) is 6.20. The number of aromatic nitrogens is 2. The first kappa shape index (κ1) is 15.2. The molecule has 0 aliphatic carbocycles. The summed E-state index contributed by atoms with van der Waals surface area (Å²) in [6.45, 7) is -0.208. The third kappa shape index (κ3) is 3.88. The van der Waals surface area contributed by atoms with Crippen molar-refractivity contribution in [1.82, 2.24) is 10.1 Å². The van der Waals surface area contributed by atoms with Crippen LogP contribution in [0.25, 0.3) is 11.4 Å². The van der Waals surface area contributed by atoms with Crippen LogP contribution in [0.3, 0.4) is 0 Å². The van der Waals surface area contributed by atoms with E-state index in [1.54, 1.807) is 12.1 Å². The van der Waals surface area contributed by atoms with Crippen LogP contribution in [-0.4, -0.2) is 27.6 Å². The molecule has 1 aromatic carbocycles. The van der Waals surface area contributed by atoms with Gasteiger partial charge in [0, 0.05) is 25.0 Å². The molecule has 1 aromatic heterocycles. The molecule has 0 radical (unpaired) electrons. The Morgan fingerprint density at radius 2 is 1.90 bits per heavy atom. The normalized spacial score (nSPS) is 11.6. The monoisotopic (exact) mass is 300 g/mol. The number of ketones is 1. The Morgan fingerprint density at radius 1 is 1.24 bits per heavy atom. The molecule has 5 nitrogen and oxygen atoms in total. The first-order valence-electron chi connectivity index (χ1n) is 6.03. The van der Waals surface area contributed by atoms with E-state index >= 15 is 0 Å². The number of alkyl halides is 3. The molecular formula is C13H11F3N2O3. The molecule has 2 rings (SSSR count). The van der Waals surface area contributed by atoms with Gasteiger partial charge in [0.2, 0.25) is 5.82 Å². The molecule has 0 aliphatic heterocycles. The van der Waals surface area contributed by atoms with Gasteiger partial charge in [-0.3, -0.25) is 4.79 Å². The summed E-state index contributed by atoms with van der Waals surface area (Å²) in [5.74, 6) is -1.69. The number of aliphatic hydroxyl groups excluding tert-OH is 1. The van der Waals surface area contributed by atoms with E-state index in [1.165, 1.54) is 12.1 Å². The van der Waals surface area contributed by atoms with E-state index < -0.39 is 12.1 Å². The number of Topliss-reactive ketones (excluding diaryl/α,β-unsaturated/α-hetero) is 1. The van der Waals surface area contributed by atoms with Gasteiger partial charge >= 0.3 is 12.1 Å². The van der Waals surface area contributed by atoms with E-state index in [0.29, 0.717) is 11.1 Å². The van der Waals surface area contributed by atoms with Crippen LogP contribution in [0.15, 0.2) is 28.8 Å². The second-order valence-corrected chi connectivity index (χ2v) is 4.31. The van der Waals surface area contributed by atoms with Crippen LogP contribution >= 0.6 is 0 Å². The van der Waals surface area contributed by atoms with Gasteiger partial charge in [-0.25, -0.2) is 0 Å². The summed E-state index contributed by atoms with van der Waals surface area (Å²) >= 11 is 0. The highest BCUT2D eigenvalue weighted by atomic mass is 19.4. The van der Waals surface area contributed by atoms with Crippen molar-refractivity contribution in [3.63, 3.8) is 0 Å². The molecule has 0 amide bonds. The molecular weight excluding hydrogens is 289 g/mol. The minimum absolute atomic E-state index is 0.0710. The van der Waals surface area contributed by atoms with Crippen LogP contribution in [-0.2, 0) is 17.4 Å². The zero-order valence-electron chi connectivity index (χ0n) is 10.7. The van der Waals surface area contributed by atoms with Gasteiger partial charge in [0.15, 0.2) is 0 Å². The topological polar surface area (TPSA) is 76.2 Å². The molecule has 0 atom stereocenters. The summed E-state index contributed by atoms with van der Waals surface area (Å²) in [7, 11) is 0. The fraction of sp³-hybridized carbons (Fsp3) is 0.308. The zero-order valence-corrected chi connectivity index (χ0v) is 10.7. The van der Waals surface area contributed by atoms with Gasteiger partial charge < -0.3 is 9.63 Å². The predicted molar refractivity (Wildman–Crippen MR) is 65.1 cm³/mol. The van der Waals surface area contributed by atoms with Crippen LogP contribution in [0.5, 0.6) is 0 Å². The van der Waals surface area contributed by atoms with Crippen LogP contribution in [0, 0.1) is 0 Å². The Kier molecular flexibility index (Phi) is 4.37. The predicted octanol–water partition coefficient (Wildman–Crippen LogP) is 2.25. The van der Waals surface area contributed by atoms with Crippen LogP contribution in [0.1, 0.15) is 17.9 Å². The average molecular weight is 300 g/mol. The van der Waals surface area contributed by atoms with Crippen molar-refractivity contribution in [1.29, 1.82) is 0 Å². The van der Waals surface area contributed by atoms with E-state index in [9.17, 15) is 18.0 Å². The van der Waals surface area contributed by atoms with Crippen molar-refractivity contribution in [3.05, 3.63) is 35.7 Å². The van der Waals surface area contributed by atoms with Crippen molar-refractivity contribution >= 4 is 5.78 Å². The molecule has 0 bridgehead atoms. The number of benzene rings is 1. The molecule has 1 N–H and O–H groups in total. The lowest BCUT2D eigenvalue weighted by molar-refractivity contribution is -0.159. The van der Waals surface area contributed by atoms with E-state index in [0.717, 1.165) is 0 Å². The largest absolute Gasteiger partial charge is 0.471 e. The summed E-state index contributed by atoms with van der Waals surface area (Å²) < 4.78 is 41.2. The lowest BCUT2D eigenvalue weighted by Gasteiger charge is -2.01. The second kappa shape index (κ2) is 6.04. The fourth-order valence-electron chi connectivity index (χ4n) is 1.67. The van der Waals surface area contributed by atoms with Crippen LogP contribution < -0.4 is 0 Å². The number of aliphatic hydroxyl groups is 1. The highest BCUT2D eigenvalue weighted by Crippen LogP contribution is 2.29. The van der Waals surface area contributed by atoms with Gasteiger partial charge in [-0.1, -0.05) is 29.4 Å². The van der Waals surface area contributed by atoms with Crippen LogP contribution in [0.2, 0.25) is 0 Å². The maximum atomic E-state index is 12.3. The quantitative estimate of drug-likeness (QED) is 0.916. The summed E-state index contributed by atoms with van der Waals surface area (Å²) in [4.78, 5) is 14.6. The molecule has 0 unspecified atom stereocenters. The van der Waals surface area contributed by atoms with Gasteiger partial charge in [0.1, 0.15) is 5.78 Å². The highest BCUT2D eigenvalue weighted by molar-refractivity contribution is 5.81. The number of rotatable bonds is 5. The minimum Gasteiger partial charge on any atom is -0.396 e. The molecule has 112 valence electrons. The van der Waals surface area contributed by atoms with E-state index in [-0.39, 0.29) is 31.1 Å². The van der Waals surface area contributed by atoms with Gasteiger partial charge in [-0.2, -0.15) is 18.2 Å². The molecule has 0 saturated heterocycles. The zero-order chi connectivity index (χ0) is 15.5. The number of nitrogens with zero attached hydrogens (tertiary/aromatic N) is 2. The number of hydrogen-bond donors (Lipinski definition) is 1. The standard InChI is InChI=1S/C13H11F3N2O3/c14-13(15,16)12-17-11(18-21-12)9-3-1-8(2-4-9)7-10(20)5-6-19/h1-4,19H,5-7H2.